The Labute approximate surface area is 146 Å². The Kier molecular flexibility index (Phi) is 3.97. The van der Waals surface area contributed by atoms with Gasteiger partial charge in [0.15, 0.2) is 5.78 Å². The Morgan fingerprint density at radius 3 is 2.39 bits per heavy atom. The van der Waals surface area contributed by atoms with Gasteiger partial charge in [0.1, 0.15) is 13.8 Å². The average molecular weight is 390 g/mol. The molecule has 1 aromatic carbocycles. The summed E-state index contributed by atoms with van der Waals surface area (Å²) in [5.41, 5.74) is 2.56. The molecule has 0 spiro atoms. The maximum absolute atomic E-state index is 12.1. The van der Waals surface area contributed by atoms with Crippen LogP contribution in [0.3, 0.4) is 0 Å². The third-order valence-corrected chi connectivity index (χ3v) is 12.4. The van der Waals surface area contributed by atoms with Gasteiger partial charge in [-0.15, -0.1) is 0 Å². The molecule has 1 aliphatic heterocycles. The highest BCUT2D eigenvalue weighted by Gasteiger charge is 2.51. The van der Waals surface area contributed by atoms with E-state index in [1.807, 2.05) is 12.1 Å². The first-order chi connectivity index (χ1) is 10.8. The van der Waals surface area contributed by atoms with Crippen molar-refractivity contribution >= 4 is 46.4 Å². The Morgan fingerprint density at radius 2 is 1.78 bits per heavy atom. The summed E-state index contributed by atoms with van der Waals surface area (Å²) in [6, 6.07) is 3.56. The van der Waals surface area contributed by atoms with Crippen molar-refractivity contribution in [3.05, 3.63) is 40.0 Å². The molecule has 0 atom stereocenters. The van der Waals surface area contributed by atoms with E-state index in [1.165, 1.54) is 0 Å². The number of carbonyl (C=O) groups is 1. The van der Waals surface area contributed by atoms with E-state index >= 15 is 0 Å². The van der Waals surface area contributed by atoms with Gasteiger partial charge in [0.25, 0.3) is 0 Å². The Hall–Kier alpha value is -1.46. The van der Waals surface area contributed by atoms with Crippen LogP contribution in [-0.2, 0) is 4.79 Å². The van der Waals surface area contributed by atoms with E-state index in [4.69, 9.17) is 4.99 Å². The van der Waals surface area contributed by atoms with E-state index in [0.29, 0.717) is 11.1 Å². The molecular formula is C18H20BrNO2Si. The van der Waals surface area contributed by atoms with Crippen molar-refractivity contribution in [1.29, 1.82) is 0 Å². The minimum absolute atomic E-state index is 0.0249. The number of hydrogen-bond donors (Lipinski definition) is 1. The third-order valence-electron chi connectivity index (χ3n) is 4.99. The van der Waals surface area contributed by atoms with Crippen LogP contribution in [0, 0.1) is 0 Å². The maximum atomic E-state index is 12.1. The monoisotopic (exact) mass is 389 g/mol. The highest BCUT2D eigenvalue weighted by Crippen LogP contribution is 2.46. The fourth-order valence-corrected chi connectivity index (χ4v) is 11.4. The summed E-state index contributed by atoms with van der Waals surface area (Å²) >= 11 is 3.60. The molecule has 1 aromatic rings. The van der Waals surface area contributed by atoms with Gasteiger partial charge in [0.2, 0.25) is 0 Å². The van der Waals surface area contributed by atoms with Gasteiger partial charge in [-0.1, -0.05) is 27.7 Å². The number of allylic oxidation sites excluding steroid dienone is 4. The van der Waals surface area contributed by atoms with Gasteiger partial charge in [-0.3, -0.25) is 4.79 Å². The molecule has 5 heteroatoms. The normalized spacial score (nSPS) is 18.7. The van der Waals surface area contributed by atoms with Gasteiger partial charge < -0.3 is 5.11 Å². The highest BCUT2D eigenvalue weighted by molar-refractivity contribution is 9.10. The van der Waals surface area contributed by atoms with E-state index in [9.17, 15) is 9.90 Å². The molecule has 2 aliphatic rings. The molecule has 0 aromatic heterocycles. The highest BCUT2D eigenvalue weighted by atomic mass is 79.9. The minimum atomic E-state index is -2.29. The van der Waals surface area contributed by atoms with Crippen LogP contribution in [0.25, 0.3) is 0 Å². The minimum Gasteiger partial charge on any atom is -0.507 e. The summed E-state index contributed by atoms with van der Waals surface area (Å²) < 4.78 is 0.731. The molecule has 0 radical (unpaired) electrons. The Bertz CT molecular complexity index is 782. The quantitative estimate of drug-likeness (QED) is 0.604. The van der Waals surface area contributed by atoms with Gasteiger partial charge in [-0.25, -0.2) is 4.99 Å². The number of fused-ring (bicyclic) bond motifs is 2. The number of rotatable bonds is 2. The van der Waals surface area contributed by atoms with Crippen molar-refractivity contribution in [1.82, 2.24) is 0 Å². The second-order valence-corrected chi connectivity index (χ2v) is 12.6. The lowest BCUT2D eigenvalue weighted by atomic mass is 10.1. The number of aliphatic imine (C=N–C) groups is 1. The first-order valence-electron chi connectivity index (χ1n) is 7.85. The van der Waals surface area contributed by atoms with Gasteiger partial charge in [-0.05, 0) is 67.8 Å². The lowest BCUT2D eigenvalue weighted by Gasteiger charge is -2.45. The predicted molar refractivity (Wildman–Crippen MR) is 101 cm³/mol. The second kappa shape index (κ2) is 5.56. The summed E-state index contributed by atoms with van der Waals surface area (Å²) in [5.74, 6) is 0.260. The molecule has 23 heavy (non-hydrogen) atoms. The number of carbonyl (C=O) groups excluding carboxylic acids is 1. The van der Waals surface area contributed by atoms with Gasteiger partial charge in [0, 0.05) is 0 Å². The number of benzene rings is 1. The fraction of sp³-hybridized carbons (Fsp3) is 0.333. The van der Waals surface area contributed by atoms with Gasteiger partial charge in [0.05, 0.1) is 15.9 Å². The second-order valence-electron chi connectivity index (χ2n) is 6.76. The molecule has 0 fully saturated rings. The van der Waals surface area contributed by atoms with Crippen LogP contribution in [0.4, 0.5) is 5.69 Å². The molecule has 0 amide bonds. The van der Waals surface area contributed by atoms with Crippen LogP contribution in [0.1, 0.15) is 27.7 Å². The van der Waals surface area contributed by atoms with Crippen molar-refractivity contribution in [2.75, 3.05) is 0 Å². The number of phenolic OH excluding ortho intramolecular Hbond substituents is 1. The number of phenols is 1. The van der Waals surface area contributed by atoms with Crippen molar-refractivity contribution in [2.45, 2.75) is 38.8 Å². The Balaban J connectivity index is 2.47. The number of ketones is 1. The van der Waals surface area contributed by atoms with Crippen LogP contribution >= 0.6 is 15.9 Å². The van der Waals surface area contributed by atoms with Crippen LogP contribution in [0.15, 0.2) is 45.0 Å². The molecule has 0 saturated carbocycles. The zero-order chi connectivity index (χ0) is 16.9. The third kappa shape index (κ3) is 2.21. The van der Waals surface area contributed by atoms with Gasteiger partial charge in [-0.2, -0.15) is 0 Å². The van der Waals surface area contributed by atoms with Gasteiger partial charge >= 0.3 is 0 Å². The number of halogens is 1. The molecular weight excluding hydrogens is 370 g/mol. The van der Waals surface area contributed by atoms with E-state index in [1.54, 1.807) is 18.2 Å². The van der Waals surface area contributed by atoms with Crippen molar-refractivity contribution in [3.63, 3.8) is 0 Å². The van der Waals surface area contributed by atoms with Crippen LogP contribution < -0.4 is 5.19 Å². The molecule has 3 nitrogen and oxygen atoms in total. The van der Waals surface area contributed by atoms with E-state index in [2.05, 4.69) is 43.6 Å². The maximum Gasteiger partial charge on any atom is 0.178 e. The topological polar surface area (TPSA) is 49.7 Å². The summed E-state index contributed by atoms with van der Waals surface area (Å²) in [5, 5.41) is 12.4. The summed E-state index contributed by atoms with van der Waals surface area (Å²) in [7, 11) is -2.29. The first kappa shape index (κ1) is 16.4. The molecule has 1 aliphatic carbocycles. The predicted octanol–water partition coefficient (Wildman–Crippen LogP) is 4.32. The lowest BCUT2D eigenvalue weighted by molar-refractivity contribution is -0.110. The molecule has 120 valence electrons. The average Bonchev–Trinajstić information content (AvgIpc) is 2.48. The Morgan fingerprint density at radius 1 is 1.13 bits per heavy atom. The molecule has 1 N–H and O–H groups in total. The van der Waals surface area contributed by atoms with Crippen molar-refractivity contribution in [2.24, 2.45) is 4.99 Å². The van der Waals surface area contributed by atoms with E-state index < -0.39 is 8.07 Å². The molecule has 0 bridgehead atoms. The largest absolute Gasteiger partial charge is 0.507 e. The lowest BCUT2D eigenvalue weighted by Crippen LogP contribution is -2.59. The van der Waals surface area contributed by atoms with Crippen molar-refractivity contribution in [3.8, 4) is 5.75 Å². The number of aromatic hydroxyl groups is 1. The SMILES string of the molecule is CC(C)[Si]1(C(C)C)C2=CC(=O)C=CC2=Nc2ccc(O)c(Br)c21. The van der Waals surface area contributed by atoms with Crippen LogP contribution in [0.5, 0.6) is 5.75 Å². The van der Waals surface area contributed by atoms with Crippen molar-refractivity contribution < 1.29 is 9.90 Å². The van der Waals surface area contributed by atoms with E-state index in [0.717, 1.165) is 26.3 Å². The summed E-state index contributed by atoms with van der Waals surface area (Å²) in [6.07, 6.45) is 5.20. The summed E-state index contributed by atoms with van der Waals surface area (Å²) in [6.45, 7) is 8.89. The molecule has 3 rings (SSSR count). The molecule has 0 saturated heterocycles. The number of nitrogens with zero attached hydrogens (tertiary/aromatic N) is 1. The van der Waals surface area contributed by atoms with E-state index in [-0.39, 0.29) is 11.5 Å². The zero-order valence-corrected chi connectivity index (χ0v) is 16.3. The first-order valence-corrected chi connectivity index (χ1v) is 10.8. The van der Waals surface area contributed by atoms with Crippen LogP contribution in [0.2, 0.25) is 11.1 Å². The fourth-order valence-electron chi connectivity index (χ4n) is 4.12. The summed E-state index contributed by atoms with van der Waals surface area (Å²) in [4.78, 5) is 16.8. The molecule has 0 unspecified atom stereocenters. The zero-order valence-electron chi connectivity index (χ0n) is 13.7. The standard InChI is InChI=1S/C18H20BrNO2Si/c1-10(2)23(11(3)4)16-9-12(21)5-6-13(16)20-14-7-8-15(22)17(19)18(14)23/h5-11,22H,1-4H3. The molecule has 1 heterocycles. The number of hydrogen-bond acceptors (Lipinski definition) is 3. The smallest absolute Gasteiger partial charge is 0.178 e. The van der Waals surface area contributed by atoms with Crippen LogP contribution in [-0.4, -0.2) is 24.7 Å².